The summed E-state index contributed by atoms with van der Waals surface area (Å²) >= 11 is 6.38. The van der Waals surface area contributed by atoms with E-state index in [2.05, 4.69) is 45.4 Å². The van der Waals surface area contributed by atoms with Gasteiger partial charge in [0.1, 0.15) is 11.2 Å². The number of aromatic nitrogens is 7. The van der Waals surface area contributed by atoms with Gasteiger partial charge in [0.15, 0.2) is 5.65 Å². The van der Waals surface area contributed by atoms with E-state index in [1.54, 1.807) is 19.5 Å². The van der Waals surface area contributed by atoms with Gasteiger partial charge in [-0.3, -0.25) is 14.5 Å². The molecule has 40 heavy (non-hydrogen) atoms. The first-order chi connectivity index (χ1) is 19.2. The molecule has 2 fully saturated rings. The van der Waals surface area contributed by atoms with Gasteiger partial charge in [-0.25, -0.2) is 14.8 Å². The van der Waals surface area contributed by atoms with E-state index in [1.807, 2.05) is 6.07 Å². The van der Waals surface area contributed by atoms with Crippen LogP contribution < -0.4 is 10.7 Å². The molecule has 6 rings (SSSR count). The molecule has 1 N–H and O–H groups in total. The first kappa shape index (κ1) is 26.9. The number of hydrogen-bond acceptors (Lipinski definition) is 9. The van der Waals surface area contributed by atoms with Crippen molar-refractivity contribution in [1.29, 1.82) is 0 Å². The molecule has 1 saturated heterocycles. The molecule has 12 heteroatoms. The van der Waals surface area contributed by atoms with Crippen molar-refractivity contribution in [3.63, 3.8) is 0 Å². The molecule has 2 aliphatic rings. The van der Waals surface area contributed by atoms with E-state index in [9.17, 15) is 4.79 Å². The molecule has 5 heterocycles. The lowest BCUT2D eigenvalue weighted by molar-refractivity contribution is 0.00151. The largest absolute Gasteiger partial charge is 0.439 e. The minimum absolute atomic E-state index is 0.139. The molecule has 1 aliphatic carbocycles. The molecule has 4 aromatic rings. The Morgan fingerprint density at radius 2 is 1.95 bits per heavy atom. The highest BCUT2D eigenvalue weighted by atomic mass is 35.5. The van der Waals surface area contributed by atoms with Crippen molar-refractivity contribution in [2.45, 2.75) is 77.5 Å². The SMILES string of the molecule is COC(C)(C)C1CCCN1c1nc2nc(-c3noc(=O)[nH]3)nc(-c3cncc(Cl)c3)c2n1CC1CCC(C)CC1. The van der Waals surface area contributed by atoms with E-state index >= 15 is 0 Å². The van der Waals surface area contributed by atoms with Crippen LogP contribution >= 0.6 is 11.6 Å². The summed E-state index contributed by atoms with van der Waals surface area (Å²) in [7, 11) is 1.77. The van der Waals surface area contributed by atoms with Gasteiger partial charge in [0.25, 0.3) is 0 Å². The smallest absolute Gasteiger partial charge is 0.377 e. The molecule has 0 amide bonds. The monoisotopic (exact) mass is 566 g/mol. The third-order valence-electron chi connectivity index (χ3n) is 8.63. The molecule has 212 valence electrons. The molecule has 1 aliphatic heterocycles. The van der Waals surface area contributed by atoms with Crippen molar-refractivity contribution in [3.8, 4) is 22.9 Å². The average Bonchev–Trinajstić information content (AvgIpc) is 3.68. The maximum absolute atomic E-state index is 11.8. The second-order valence-electron chi connectivity index (χ2n) is 11.7. The summed E-state index contributed by atoms with van der Waals surface area (Å²) in [6, 6.07) is 1.98. The van der Waals surface area contributed by atoms with E-state index in [0.717, 1.165) is 48.9 Å². The average molecular weight is 567 g/mol. The predicted molar refractivity (Wildman–Crippen MR) is 152 cm³/mol. The first-order valence-corrected chi connectivity index (χ1v) is 14.4. The topological polar surface area (TPSA) is 128 Å². The van der Waals surface area contributed by atoms with Gasteiger partial charge in [-0.2, -0.15) is 4.98 Å². The minimum Gasteiger partial charge on any atom is -0.377 e. The number of rotatable bonds is 7. The van der Waals surface area contributed by atoms with Crippen LogP contribution in [0.4, 0.5) is 5.95 Å². The Labute approximate surface area is 237 Å². The minimum atomic E-state index is -0.677. The van der Waals surface area contributed by atoms with Crippen LogP contribution in [0.1, 0.15) is 59.3 Å². The van der Waals surface area contributed by atoms with E-state index in [1.165, 1.54) is 25.7 Å². The second kappa shape index (κ2) is 10.6. The Kier molecular flexibility index (Phi) is 7.12. The number of imidazole rings is 1. The van der Waals surface area contributed by atoms with Gasteiger partial charge in [-0.1, -0.05) is 36.5 Å². The lowest BCUT2D eigenvalue weighted by Crippen LogP contribution is -2.48. The van der Waals surface area contributed by atoms with Crippen molar-refractivity contribution in [2.24, 2.45) is 11.8 Å². The van der Waals surface area contributed by atoms with Crippen LogP contribution in [-0.4, -0.2) is 59.9 Å². The Morgan fingerprint density at radius 3 is 2.65 bits per heavy atom. The summed E-state index contributed by atoms with van der Waals surface area (Å²) in [4.78, 5) is 35.8. The highest BCUT2D eigenvalue weighted by Crippen LogP contribution is 2.39. The molecule has 1 unspecified atom stereocenters. The van der Waals surface area contributed by atoms with Crippen molar-refractivity contribution in [1.82, 2.24) is 34.6 Å². The van der Waals surface area contributed by atoms with Crippen molar-refractivity contribution >= 4 is 28.7 Å². The van der Waals surface area contributed by atoms with Crippen LogP contribution in [0.5, 0.6) is 0 Å². The quantitative estimate of drug-likeness (QED) is 0.324. The number of fused-ring (bicyclic) bond motifs is 1. The van der Waals surface area contributed by atoms with Crippen molar-refractivity contribution in [2.75, 3.05) is 18.6 Å². The Morgan fingerprint density at radius 1 is 1.15 bits per heavy atom. The normalized spacial score (nSPS) is 21.9. The van der Waals surface area contributed by atoms with Crippen molar-refractivity contribution < 1.29 is 9.26 Å². The summed E-state index contributed by atoms with van der Waals surface area (Å²) in [5.41, 5.74) is 2.32. The van der Waals surface area contributed by atoms with E-state index < -0.39 is 5.76 Å². The molecule has 0 bridgehead atoms. The number of ether oxygens (including phenoxy) is 1. The molecule has 0 aromatic carbocycles. The summed E-state index contributed by atoms with van der Waals surface area (Å²) in [5, 5.41) is 4.33. The van der Waals surface area contributed by atoms with Crippen LogP contribution in [-0.2, 0) is 11.3 Å². The fraction of sp³-hybridized carbons (Fsp3) is 0.571. The fourth-order valence-corrected chi connectivity index (χ4v) is 6.40. The van der Waals surface area contributed by atoms with Crippen LogP contribution in [0.15, 0.2) is 27.8 Å². The summed E-state index contributed by atoms with van der Waals surface area (Å²) in [6.45, 7) is 8.28. The Hall–Kier alpha value is -3.31. The second-order valence-corrected chi connectivity index (χ2v) is 12.1. The van der Waals surface area contributed by atoms with Gasteiger partial charge in [-0.15, -0.1) is 0 Å². The molecule has 4 aromatic heterocycles. The van der Waals surface area contributed by atoms with Gasteiger partial charge < -0.3 is 14.2 Å². The van der Waals surface area contributed by atoms with Crippen LogP contribution in [0.3, 0.4) is 0 Å². The first-order valence-electron chi connectivity index (χ1n) is 14.0. The van der Waals surface area contributed by atoms with E-state index in [-0.39, 0.29) is 23.3 Å². The lowest BCUT2D eigenvalue weighted by Gasteiger charge is -2.37. The van der Waals surface area contributed by atoms with Crippen LogP contribution in [0, 0.1) is 11.8 Å². The molecule has 1 atom stereocenters. The number of aromatic amines is 1. The van der Waals surface area contributed by atoms with E-state index in [0.29, 0.717) is 22.3 Å². The number of nitrogens with one attached hydrogen (secondary N) is 1. The number of methoxy groups -OCH3 is 1. The van der Waals surface area contributed by atoms with Gasteiger partial charge in [0, 0.05) is 38.2 Å². The molecule has 0 spiro atoms. The van der Waals surface area contributed by atoms with Crippen LogP contribution in [0.25, 0.3) is 34.1 Å². The predicted octanol–water partition coefficient (Wildman–Crippen LogP) is 5.11. The third kappa shape index (κ3) is 5.01. The number of H-pyrrole nitrogens is 1. The number of pyridine rings is 1. The maximum Gasteiger partial charge on any atom is 0.439 e. The number of halogens is 1. The number of nitrogens with zero attached hydrogens (tertiary/aromatic N) is 7. The summed E-state index contributed by atoms with van der Waals surface area (Å²) in [6.07, 6.45) is 10.2. The zero-order valence-corrected chi connectivity index (χ0v) is 24.1. The van der Waals surface area contributed by atoms with Crippen LogP contribution in [0.2, 0.25) is 5.02 Å². The van der Waals surface area contributed by atoms with Gasteiger partial charge in [-0.05, 0) is 57.4 Å². The number of anilines is 1. The number of hydrogen-bond donors (Lipinski definition) is 1. The van der Waals surface area contributed by atoms with Gasteiger partial charge in [0.2, 0.25) is 17.6 Å². The van der Waals surface area contributed by atoms with Crippen molar-refractivity contribution in [3.05, 3.63) is 34.0 Å². The lowest BCUT2D eigenvalue weighted by atomic mass is 9.83. The van der Waals surface area contributed by atoms with E-state index in [4.69, 9.17) is 35.8 Å². The third-order valence-corrected chi connectivity index (χ3v) is 8.83. The molecule has 11 nitrogen and oxygen atoms in total. The Balaban J connectivity index is 1.58. The highest BCUT2D eigenvalue weighted by Gasteiger charge is 2.40. The van der Waals surface area contributed by atoms with Gasteiger partial charge in [0.05, 0.1) is 16.7 Å². The molecular weight excluding hydrogens is 532 g/mol. The highest BCUT2D eigenvalue weighted by molar-refractivity contribution is 6.30. The molecule has 1 saturated carbocycles. The molecule has 0 radical (unpaired) electrons. The zero-order valence-electron chi connectivity index (χ0n) is 23.4. The molecular formula is C28H35ClN8O3. The summed E-state index contributed by atoms with van der Waals surface area (Å²) in [5.74, 6) is 1.80. The Bertz CT molecular complexity index is 1570. The standard InChI is InChI=1S/C28H35ClN8O3/c1-16-7-9-17(10-8-16)15-37-22-21(18-12-19(29)14-30-13-18)31-24(25-34-27(38)40-35-25)32-23(22)33-26(37)36-11-5-6-20(36)28(2,3)39-4/h12-14,16-17,20H,5-11,15H2,1-4H3,(H,34,35,38). The fourth-order valence-electron chi connectivity index (χ4n) is 6.23. The zero-order chi connectivity index (χ0) is 28.0. The maximum atomic E-state index is 11.8. The summed E-state index contributed by atoms with van der Waals surface area (Å²) < 4.78 is 13.0. The van der Waals surface area contributed by atoms with Gasteiger partial charge >= 0.3 is 5.76 Å².